The fourth-order valence-electron chi connectivity index (χ4n) is 4.08. The lowest BCUT2D eigenvalue weighted by Gasteiger charge is -2.34. The third kappa shape index (κ3) is 3.07. The van der Waals surface area contributed by atoms with Gasteiger partial charge in [0.15, 0.2) is 0 Å². The fraction of sp³-hybridized carbons (Fsp3) is 0.611. The molecule has 0 aliphatic carbocycles. The molecule has 0 N–H and O–H groups in total. The van der Waals surface area contributed by atoms with E-state index in [1.807, 2.05) is 4.90 Å². The van der Waals surface area contributed by atoms with E-state index in [1.54, 1.807) is 6.07 Å². The molecule has 0 unspecified atom stereocenters. The van der Waals surface area contributed by atoms with Gasteiger partial charge < -0.3 is 9.64 Å². The molecule has 3 rings (SSSR count). The number of likely N-dealkylation sites (tertiary alicyclic amines) is 2. The minimum Gasteiger partial charge on any atom is -0.497 e. The Morgan fingerprint density at radius 3 is 2.70 bits per heavy atom. The molecule has 0 spiro atoms. The maximum Gasteiger partial charge on any atom is 0.257 e. The van der Waals surface area contributed by atoms with E-state index in [0.717, 1.165) is 38.9 Å². The minimum atomic E-state index is -0.501. The zero-order chi connectivity index (χ0) is 16.4. The van der Waals surface area contributed by atoms with Gasteiger partial charge in [0.2, 0.25) is 0 Å². The second kappa shape index (κ2) is 6.87. The largest absolute Gasteiger partial charge is 0.497 e. The maximum atomic E-state index is 14.3. The van der Waals surface area contributed by atoms with Gasteiger partial charge in [-0.2, -0.15) is 0 Å². The number of methoxy groups -OCH3 is 1. The van der Waals surface area contributed by atoms with Gasteiger partial charge >= 0.3 is 0 Å². The second-order valence-corrected chi connectivity index (χ2v) is 6.39. The summed E-state index contributed by atoms with van der Waals surface area (Å²) in [6, 6.07) is 5.11. The zero-order valence-electron chi connectivity index (χ0n) is 13.9. The van der Waals surface area contributed by atoms with Crippen LogP contribution in [0.3, 0.4) is 0 Å². The third-order valence-electron chi connectivity index (χ3n) is 5.23. The molecule has 1 aromatic rings. The molecular formula is C18H25FN2O2. The Kier molecular flexibility index (Phi) is 4.85. The van der Waals surface area contributed by atoms with Crippen LogP contribution < -0.4 is 4.74 Å². The van der Waals surface area contributed by atoms with Crippen LogP contribution in [0.2, 0.25) is 0 Å². The van der Waals surface area contributed by atoms with Crippen LogP contribution in [0.1, 0.15) is 43.0 Å². The van der Waals surface area contributed by atoms with E-state index >= 15 is 0 Å². The monoisotopic (exact) mass is 320 g/mol. The van der Waals surface area contributed by atoms with Crippen molar-refractivity contribution < 1.29 is 13.9 Å². The van der Waals surface area contributed by atoms with Gasteiger partial charge in [0.1, 0.15) is 11.6 Å². The SMILES string of the molecule is CCN1CCC[C@@H]1[C@H]1CCCN1C(=O)c1ccc(OC)cc1F. The van der Waals surface area contributed by atoms with Crippen LogP contribution in [0.5, 0.6) is 5.75 Å². The van der Waals surface area contributed by atoms with Crippen molar-refractivity contribution in [3.8, 4) is 5.75 Å². The first kappa shape index (κ1) is 16.2. The first-order valence-corrected chi connectivity index (χ1v) is 8.54. The van der Waals surface area contributed by atoms with Crippen LogP contribution in [-0.4, -0.2) is 54.5 Å². The number of likely N-dealkylation sites (N-methyl/N-ethyl adjacent to an activating group) is 1. The molecule has 0 bridgehead atoms. The number of nitrogens with zero attached hydrogens (tertiary/aromatic N) is 2. The van der Waals surface area contributed by atoms with E-state index in [0.29, 0.717) is 11.8 Å². The topological polar surface area (TPSA) is 32.8 Å². The van der Waals surface area contributed by atoms with Gasteiger partial charge in [-0.25, -0.2) is 4.39 Å². The van der Waals surface area contributed by atoms with E-state index in [9.17, 15) is 9.18 Å². The molecule has 5 heteroatoms. The highest BCUT2D eigenvalue weighted by Crippen LogP contribution is 2.31. The highest BCUT2D eigenvalue weighted by molar-refractivity contribution is 5.95. The van der Waals surface area contributed by atoms with Crippen molar-refractivity contribution in [1.82, 2.24) is 9.80 Å². The molecule has 2 atom stereocenters. The Labute approximate surface area is 137 Å². The number of rotatable bonds is 4. The molecule has 1 aromatic carbocycles. The average molecular weight is 320 g/mol. The highest BCUT2D eigenvalue weighted by Gasteiger charge is 2.39. The lowest BCUT2D eigenvalue weighted by atomic mass is 10.0. The summed E-state index contributed by atoms with van der Waals surface area (Å²) in [6.45, 7) is 5.02. The standard InChI is InChI=1S/C18H25FN2O2/c1-3-20-10-4-6-16(20)17-7-5-11-21(17)18(22)14-9-8-13(23-2)12-15(14)19/h8-9,12,16-17H,3-7,10-11H2,1-2H3/t16-,17-/m1/s1. The molecular weight excluding hydrogens is 295 g/mol. The number of carbonyl (C=O) groups excluding carboxylic acids is 1. The average Bonchev–Trinajstić information content (AvgIpc) is 3.21. The number of carbonyl (C=O) groups is 1. The fourth-order valence-corrected chi connectivity index (χ4v) is 4.08. The van der Waals surface area contributed by atoms with Crippen LogP contribution in [0.4, 0.5) is 4.39 Å². The summed E-state index contributed by atoms with van der Waals surface area (Å²) in [5.41, 5.74) is 0.152. The van der Waals surface area contributed by atoms with E-state index in [2.05, 4.69) is 11.8 Å². The van der Waals surface area contributed by atoms with Crippen molar-refractivity contribution in [3.63, 3.8) is 0 Å². The number of benzene rings is 1. The predicted octanol–water partition coefficient (Wildman–Crippen LogP) is 2.92. The summed E-state index contributed by atoms with van der Waals surface area (Å²) in [4.78, 5) is 17.2. The highest BCUT2D eigenvalue weighted by atomic mass is 19.1. The summed E-state index contributed by atoms with van der Waals surface area (Å²) in [7, 11) is 1.49. The Hall–Kier alpha value is -1.62. The molecule has 4 nitrogen and oxygen atoms in total. The maximum absolute atomic E-state index is 14.3. The van der Waals surface area contributed by atoms with Gasteiger partial charge in [0.25, 0.3) is 5.91 Å². The summed E-state index contributed by atoms with van der Waals surface area (Å²) in [5, 5.41) is 0. The van der Waals surface area contributed by atoms with E-state index in [-0.39, 0.29) is 17.5 Å². The summed E-state index contributed by atoms with van der Waals surface area (Å²) >= 11 is 0. The molecule has 23 heavy (non-hydrogen) atoms. The van der Waals surface area contributed by atoms with E-state index in [1.165, 1.54) is 25.7 Å². The smallest absolute Gasteiger partial charge is 0.257 e. The first-order chi connectivity index (χ1) is 11.2. The Morgan fingerprint density at radius 2 is 2.00 bits per heavy atom. The lowest BCUT2D eigenvalue weighted by Crippen LogP contribution is -2.48. The Morgan fingerprint density at radius 1 is 1.26 bits per heavy atom. The molecule has 0 radical (unpaired) electrons. The van der Waals surface area contributed by atoms with E-state index < -0.39 is 5.82 Å². The molecule has 0 saturated carbocycles. The Bertz CT molecular complexity index is 578. The zero-order valence-corrected chi connectivity index (χ0v) is 13.9. The molecule has 2 fully saturated rings. The number of ether oxygens (including phenoxy) is 1. The molecule has 1 amide bonds. The normalized spacial score (nSPS) is 25.1. The first-order valence-electron chi connectivity index (χ1n) is 8.54. The van der Waals surface area contributed by atoms with Crippen LogP contribution in [0, 0.1) is 5.82 Å². The molecule has 2 aliphatic heterocycles. The molecule has 2 aliphatic rings. The van der Waals surface area contributed by atoms with Gasteiger partial charge in [-0.1, -0.05) is 6.92 Å². The minimum absolute atomic E-state index is 0.152. The Balaban J connectivity index is 1.81. The quantitative estimate of drug-likeness (QED) is 0.855. The van der Waals surface area contributed by atoms with Gasteiger partial charge in [-0.05, 0) is 50.9 Å². The second-order valence-electron chi connectivity index (χ2n) is 6.39. The van der Waals surface area contributed by atoms with Gasteiger partial charge in [0.05, 0.1) is 12.7 Å². The number of hydrogen-bond donors (Lipinski definition) is 0. The number of halogens is 1. The van der Waals surface area contributed by atoms with Gasteiger partial charge in [-0.3, -0.25) is 9.69 Å². The van der Waals surface area contributed by atoms with Gasteiger partial charge in [-0.15, -0.1) is 0 Å². The van der Waals surface area contributed by atoms with Crippen molar-refractivity contribution in [3.05, 3.63) is 29.6 Å². The van der Waals surface area contributed by atoms with Gasteiger partial charge in [0, 0.05) is 24.7 Å². The van der Waals surface area contributed by atoms with Crippen molar-refractivity contribution in [2.75, 3.05) is 26.7 Å². The van der Waals surface area contributed by atoms with Crippen molar-refractivity contribution in [1.29, 1.82) is 0 Å². The molecule has 2 heterocycles. The van der Waals surface area contributed by atoms with Crippen LogP contribution >= 0.6 is 0 Å². The summed E-state index contributed by atoms with van der Waals surface area (Å²) < 4.78 is 19.3. The molecule has 126 valence electrons. The lowest BCUT2D eigenvalue weighted by molar-refractivity contribution is 0.0645. The third-order valence-corrected chi connectivity index (χ3v) is 5.23. The van der Waals surface area contributed by atoms with E-state index in [4.69, 9.17) is 4.74 Å². The summed E-state index contributed by atoms with van der Waals surface area (Å²) in [6.07, 6.45) is 4.34. The predicted molar refractivity (Wildman–Crippen MR) is 87.3 cm³/mol. The van der Waals surface area contributed by atoms with Crippen molar-refractivity contribution in [2.45, 2.75) is 44.7 Å². The van der Waals surface area contributed by atoms with Crippen LogP contribution in [0.15, 0.2) is 18.2 Å². The van der Waals surface area contributed by atoms with Crippen LogP contribution in [0.25, 0.3) is 0 Å². The van der Waals surface area contributed by atoms with Crippen molar-refractivity contribution >= 4 is 5.91 Å². The van der Waals surface area contributed by atoms with Crippen LogP contribution in [-0.2, 0) is 0 Å². The number of hydrogen-bond acceptors (Lipinski definition) is 3. The summed E-state index contributed by atoms with van der Waals surface area (Å²) in [5.74, 6) is -0.251. The number of amides is 1. The molecule has 2 saturated heterocycles. The van der Waals surface area contributed by atoms with Crippen molar-refractivity contribution in [2.24, 2.45) is 0 Å². The molecule has 0 aromatic heterocycles.